The molecule has 0 saturated heterocycles. The summed E-state index contributed by atoms with van der Waals surface area (Å²) in [5, 5.41) is 9.41. The van der Waals surface area contributed by atoms with Crippen molar-refractivity contribution < 1.29 is 5.11 Å². The van der Waals surface area contributed by atoms with E-state index in [9.17, 15) is 5.11 Å². The summed E-state index contributed by atoms with van der Waals surface area (Å²) in [7, 11) is 0. The first kappa shape index (κ1) is 12.9. The van der Waals surface area contributed by atoms with Crippen molar-refractivity contribution in [3.63, 3.8) is 0 Å². The van der Waals surface area contributed by atoms with E-state index in [1.807, 2.05) is 28.9 Å². The summed E-state index contributed by atoms with van der Waals surface area (Å²) in [6.45, 7) is 6.35. The van der Waals surface area contributed by atoms with Gasteiger partial charge in [0.2, 0.25) is 0 Å². The third kappa shape index (κ3) is 2.00. The predicted molar refractivity (Wildman–Crippen MR) is 80.8 cm³/mol. The first-order valence-corrected chi connectivity index (χ1v) is 6.76. The lowest BCUT2D eigenvalue weighted by Gasteiger charge is -2.08. The summed E-state index contributed by atoms with van der Waals surface area (Å²) in [6, 6.07) is 8.19. The molecule has 0 fully saturated rings. The van der Waals surface area contributed by atoms with Crippen LogP contribution in [-0.4, -0.2) is 14.5 Å². The average Bonchev–Trinajstić information content (AvgIpc) is 2.80. The molecule has 2 aromatic heterocycles. The number of aryl methyl sites for hydroxylation is 3. The zero-order valence-corrected chi connectivity index (χ0v) is 12.0. The second-order valence-electron chi connectivity index (χ2n) is 5.32. The summed E-state index contributed by atoms with van der Waals surface area (Å²) in [6.07, 6.45) is 3.99. The summed E-state index contributed by atoms with van der Waals surface area (Å²) < 4.78 is 1.97. The van der Waals surface area contributed by atoms with Gasteiger partial charge in [-0.25, -0.2) is 4.98 Å². The van der Waals surface area contributed by atoms with Crippen molar-refractivity contribution in [2.45, 2.75) is 27.4 Å². The zero-order valence-electron chi connectivity index (χ0n) is 12.0. The molecule has 3 heteroatoms. The van der Waals surface area contributed by atoms with E-state index in [4.69, 9.17) is 4.98 Å². The van der Waals surface area contributed by atoms with Crippen LogP contribution < -0.4 is 0 Å². The molecule has 0 aliphatic carbocycles. The molecule has 3 aromatic rings. The molecule has 0 atom stereocenters. The summed E-state index contributed by atoms with van der Waals surface area (Å²) in [5.74, 6) is 0. The van der Waals surface area contributed by atoms with Crippen molar-refractivity contribution in [1.82, 2.24) is 9.38 Å². The van der Waals surface area contributed by atoms with Gasteiger partial charge in [0.25, 0.3) is 0 Å². The largest absolute Gasteiger partial charge is 0.392 e. The minimum Gasteiger partial charge on any atom is -0.392 e. The molecule has 0 aliphatic heterocycles. The molecule has 1 aromatic carbocycles. The molecule has 0 unspecified atom stereocenters. The molecular formula is C17H18N2O. The standard InChI is InChI=1S/C17H18N2O/c1-11-7-12(2)16(13(3)8-11)15-9-19-6-4-5-14(10-20)17(19)18-15/h4-9,20H,10H2,1-3H3. The number of aliphatic hydroxyl groups excluding tert-OH is 1. The molecule has 3 rings (SSSR count). The predicted octanol–water partition coefficient (Wildman–Crippen LogP) is 3.42. The van der Waals surface area contributed by atoms with Crippen molar-refractivity contribution >= 4 is 5.65 Å². The molecule has 3 nitrogen and oxygen atoms in total. The molecule has 0 saturated carbocycles. The Kier molecular flexibility index (Phi) is 3.07. The quantitative estimate of drug-likeness (QED) is 0.771. The van der Waals surface area contributed by atoms with Crippen LogP contribution >= 0.6 is 0 Å². The van der Waals surface area contributed by atoms with E-state index in [1.54, 1.807) is 0 Å². The van der Waals surface area contributed by atoms with Crippen molar-refractivity contribution in [2.24, 2.45) is 0 Å². The molecule has 1 N–H and O–H groups in total. The van der Waals surface area contributed by atoms with Crippen LogP contribution in [0.2, 0.25) is 0 Å². The van der Waals surface area contributed by atoms with Gasteiger partial charge >= 0.3 is 0 Å². The highest BCUT2D eigenvalue weighted by molar-refractivity contribution is 5.70. The highest BCUT2D eigenvalue weighted by atomic mass is 16.3. The van der Waals surface area contributed by atoms with Crippen LogP contribution in [0.5, 0.6) is 0 Å². The van der Waals surface area contributed by atoms with Gasteiger partial charge in [0.05, 0.1) is 12.3 Å². The third-order valence-corrected chi connectivity index (χ3v) is 3.67. The van der Waals surface area contributed by atoms with Crippen LogP contribution in [0, 0.1) is 20.8 Å². The lowest BCUT2D eigenvalue weighted by atomic mass is 9.98. The lowest BCUT2D eigenvalue weighted by molar-refractivity contribution is 0.282. The molecule has 2 heterocycles. The highest BCUT2D eigenvalue weighted by Gasteiger charge is 2.12. The number of imidazole rings is 1. The maximum absolute atomic E-state index is 9.41. The summed E-state index contributed by atoms with van der Waals surface area (Å²) in [5.41, 5.74) is 7.55. The Balaban J connectivity index is 2.26. The molecule has 0 aliphatic rings. The van der Waals surface area contributed by atoms with Crippen LogP contribution in [0.25, 0.3) is 16.9 Å². The molecule has 0 spiro atoms. The Morgan fingerprint density at radius 3 is 2.50 bits per heavy atom. The van der Waals surface area contributed by atoms with Gasteiger partial charge in [-0.3, -0.25) is 0 Å². The van der Waals surface area contributed by atoms with Crippen molar-refractivity contribution in [3.8, 4) is 11.3 Å². The van der Waals surface area contributed by atoms with Gasteiger partial charge < -0.3 is 9.51 Å². The number of rotatable bonds is 2. The number of aromatic nitrogens is 2. The number of benzene rings is 1. The molecule has 0 radical (unpaired) electrons. The van der Waals surface area contributed by atoms with Gasteiger partial charge in [-0.15, -0.1) is 0 Å². The normalized spacial score (nSPS) is 11.2. The number of hydrogen-bond donors (Lipinski definition) is 1. The van der Waals surface area contributed by atoms with E-state index in [-0.39, 0.29) is 6.61 Å². The van der Waals surface area contributed by atoms with Crippen LogP contribution in [0.15, 0.2) is 36.7 Å². The maximum atomic E-state index is 9.41. The molecular weight excluding hydrogens is 248 g/mol. The smallest absolute Gasteiger partial charge is 0.142 e. The Labute approximate surface area is 118 Å². The fraction of sp³-hybridized carbons (Fsp3) is 0.235. The van der Waals surface area contributed by atoms with Crippen LogP contribution in [0.4, 0.5) is 0 Å². The molecule has 0 amide bonds. The van der Waals surface area contributed by atoms with Gasteiger partial charge in [0.1, 0.15) is 5.65 Å². The molecule has 0 bridgehead atoms. The van der Waals surface area contributed by atoms with Crippen molar-refractivity contribution in [3.05, 3.63) is 58.9 Å². The van der Waals surface area contributed by atoms with Crippen molar-refractivity contribution in [2.75, 3.05) is 0 Å². The zero-order chi connectivity index (χ0) is 14.3. The van der Waals surface area contributed by atoms with E-state index in [0.29, 0.717) is 0 Å². The van der Waals surface area contributed by atoms with E-state index in [0.717, 1.165) is 16.9 Å². The van der Waals surface area contributed by atoms with Crippen LogP contribution in [0.1, 0.15) is 22.3 Å². The van der Waals surface area contributed by atoms with E-state index in [1.165, 1.54) is 22.3 Å². The number of aliphatic hydroxyl groups is 1. The van der Waals surface area contributed by atoms with Gasteiger partial charge in [0, 0.05) is 23.5 Å². The summed E-state index contributed by atoms with van der Waals surface area (Å²) >= 11 is 0. The highest BCUT2D eigenvalue weighted by Crippen LogP contribution is 2.28. The third-order valence-electron chi connectivity index (χ3n) is 3.67. The SMILES string of the molecule is Cc1cc(C)c(-c2cn3cccc(CO)c3n2)c(C)c1. The number of hydrogen-bond acceptors (Lipinski definition) is 2. The minimum atomic E-state index is 0.00660. The number of fused-ring (bicyclic) bond motifs is 1. The Bertz CT molecular complexity index is 764. The van der Waals surface area contributed by atoms with Crippen LogP contribution in [-0.2, 0) is 6.61 Å². The Morgan fingerprint density at radius 2 is 1.85 bits per heavy atom. The lowest BCUT2D eigenvalue weighted by Crippen LogP contribution is -1.91. The second kappa shape index (κ2) is 4.76. The van der Waals surface area contributed by atoms with E-state index < -0.39 is 0 Å². The van der Waals surface area contributed by atoms with E-state index >= 15 is 0 Å². The molecule has 20 heavy (non-hydrogen) atoms. The van der Waals surface area contributed by atoms with Gasteiger partial charge in [-0.2, -0.15) is 0 Å². The molecule has 102 valence electrons. The Hall–Kier alpha value is -2.13. The number of nitrogens with zero attached hydrogens (tertiary/aromatic N) is 2. The topological polar surface area (TPSA) is 37.5 Å². The second-order valence-corrected chi connectivity index (χ2v) is 5.32. The van der Waals surface area contributed by atoms with E-state index in [2.05, 4.69) is 32.9 Å². The van der Waals surface area contributed by atoms with Gasteiger partial charge in [-0.1, -0.05) is 23.8 Å². The van der Waals surface area contributed by atoms with Crippen LogP contribution in [0.3, 0.4) is 0 Å². The fourth-order valence-electron chi connectivity index (χ4n) is 2.90. The maximum Gasteiger partial charge on any atom is 0.142 e. The summed E-state index contributed by atoms with van der Waals surface area (Å²) in [4.78, 5) is 4.71. The van der Waals surface area contributed by atoms with Gasteiger partial charge in [0.15, 0.2) is 0 Å². The minimum absolute atomic E-state index is 0.00660. The first-order valence-electron chi connectivity index (χ1n) is 6.76. The number of pyridine rings is 1. The fourth-order valence-corrected chi connectivity index (χ4v) is 2.90. The van der Waals surface area contributed by atoms with Crippen molar-refractivity contribution in [1.29, 1.82) is 0 Å². The Morgan fingerprint density at radius 1 is 1.15 bits per heavy atom. The monoisotopic (exact) mass is 266 g/mol. The first-order chi connectivity index (χ1) is 9.60. The average molecular weight is 266 g/mol. The van der Waals surface area contributed by atoms with Gasteiger partial charge in [-0.05, 0) is 38.0 Å².